The molecule has 1 heterocycles. The molecular formula is C7H14BrNO3S. The zero-order valence-electron chi connectivity index (χ0n) is 7.40. The third-order valence-electron chi connectivity index (χ3n) is 2.05. The van der Waals surface area contributed by atoms with Gasteiger partial charge in [-0.2, -0.15) is 0 Å². The van der Waals surface area contributed by atoms with E-state index in [1.165, 1.54) is 0 Å². The maximum absolute atomic E-state index is 11.3. The lowest BCUT2D eigenvalue weighted by molar-refractivity contribution is 0.187. The molecule has 0 saturated carbocycles. The summed E-state index contributed by atoms with van der Waals surface area (Å²) in [5.41, 5.74) is 0. The number of rotatable bonds is 3. The molecule has 1 aliphatic heterocycles. The molecule has 1 aliphatic rings. The summed E-state index contributed by atoms with van der Waals surface area (Å²) < 4.78 is 22.0. The van der Waals surface area contributed by atoms with Gasteiger partial charge in [0, 0.05) is 12.6 Å². The molecule has 0 spiro atoms. The van der Waals surface area contributed by atoms with E-state index in [1.54, 1.807) is 6.92 Å². The second kappa shape index (κ2) is 4.25. The van der Waals surface area contributed by atoms with Gasteiger partial charge in [0.25, 0.3) is 0 Å². The molecule has 3 unspecified atom stereocenters. The van der Waals surface area contributed by atoms with Crippen molar-refractivity contribution in [2.75, 3.05) is 12.3 Å². The summed E-state index contributed by atoms with van der Waals surface area (Å²) in [5, 5.41) is 12.0. The summed E-state index contributed by atoms with van der Waals surface area (Å²) in [6.45, 7) is 2.10. The van der Waals surface area contributed by atoms with E-state index < -0.39 is 20.1 Å². The third kappa shape index (κ3) is 2.90. The van der Waals surface area contributed by atoms with Gasteiger partial charge in [-0.25, -0.2) is 8.42 Å². The number of halogens is 1. The minimum Gasteiger partial charge on any atom is -0.392 e. The molecule has 0 radical (unpaired) electrons. The van der Waals surface area contributed by atoms with Gasteiger partial charge in [-0.05, 0) is 13.3 Å². The van der Waals surface area contributed by atoms with E-state index in [4.69, 9.17) is 5.11 Å². The van der Waals surface area contributed by atoms with Gasteiger partial charge in [0.2, 0.25) is 0 Å². The van der Waals surface area contributed by atoms with Crippen LogP contribution in [-0.2, 0) is 9.84 Å². The molecule has 6 heteroatoms. The fraction of sp³-hybridized carbons (Fsp3) is 1.00. The van der Waals surface area contributed by atoms with E-state index in [-0.39, 0.29) is 11.8 Å². The first-order valence-electron chi connectivity index (χ1n) is 4.20. The number of hydrogen-bond donors (Lipinski definition) is 2. The molecule has 3 atom stereocenters. The number of nitrogens with one attached hydrogen (secondary N) is 1. The molecule has 1 fully saturated rings. The van der Waals surface area contributed by atoms with Crippen LogP contribution in [0, 0.1) is 0 Å². The average molecular weight is 272 g/mol. The van der Waals surface area contributed by atoms with Crippen molar-refractivity contribution in [3.8, 4) is 0 Å². The van der Waals surface area contributed by atoms with Gasteiger partial charge in [0.1, 0.15) is 4.16 Å². The molecule has 2 N–H and O–H groups in total. The molecule has 0 aromatic heterocycles. The summed E-state index contributed by atoms with van der Waals surface area (Å²) in [6.07, 6.45) is 0.174. The van der Waals surface area contributed by atoms with E-state index in [0.29, 0.717) is 13.0 Å². The van der Waals surface area contributed by atoms with Crippen molar-refractivity contribution < 1.29 is 13.5 Å². The van der Waals surface area contributed by atoms with Gasteiger partial charge in [0.05, 0.1) is 11.9 Å². The Bertz CT molecular complexity index is 265. The highest BCUT2D eigenvalue weighted by atomic mass is 79.9. The molecule has 0 aromatic rings. The van der Waals surface area contributed by atoms with E-state index >= 15 is 0 Å². The number of sulfone groups is 1. The molecule has 0 aromatic carbocycles. The highest BCUT2D eigenvalue weighted by Crippen LogP contribution is 2.25. The lowest BCUT2D eigenvalue weighted by atomic mass is 10.2. The minimum atomic E-state index is -2.95. The van der Waals surface area contributed by atoms with Crippen molar-refractivity contribution in [3.63, 3.8) is 0 Å². The van der Waals surface area contributed by atoms with Gasteiger partial charge in [-0.15, -0.1) is 0 Å². The van der Waals surface area contributed by atoms with Crippen LogP contribution in [0.5, 0.6) is 0 Å². The van der Waals surface area contributed by atoms with Crippen molar-refractivity contribution in [2.45, 2.75) is 29.6 Å². The van der Waals surface area contributed by atoms with Crippen LogP contribution < -0.4 is 5.32 Å². The Morgan fingerprint density at radius 2 is 2.31 bits per heavy atom. The summed E-state index contributed by atoms with van der Waals surface area (Å²) in [5.74, 6) is 0.223. The molecule has 0 bridgehead atoms. The number of hydrogen-bond acceptors (Lipinski definition) is 4. The van der Waals surface area contributed by atoms with Gasteiger partial charge >= 0.3 is 0 Å². The Hall–Kier alpha value is 0.350. The molecular weight excluding hydrogens is 258 g/mol. The van der Waals surface area contributed by atoms with Crippen molar-refractivity contribution in [1.82, 2.24) is 5.32 Å². The largest absolute Gasteiger partial charge is 0.392 e. The lowest BCUT2D eigenvalue weighted by Gasteiger charge is -2.15. The van der Waals surface area contributed by atoms with Crippen LogP contribution in [0.25, 0.3) is 0 Å². The Labute approximate surface area is 86.8 Å². The van der Waals surface area contributed by atoms with E-state index in [0.717, 1.165) is 0 Å². The van der Waals surface area contributed by atoms with E-state index in [9.17, 15) is 8.42 Å². The van der Waals surface area contributed by atoms with Crippen LogP contribution in [0.3, 0.4) is 0 Å². The Morgan fingerprint density at radius 3 is 2.69 bits per heavy atom. The lowest BCUT2D eigenvalue weighted by Crippen LogP contribution is -2.38. The Morgan fingerprint density at radius 1 is 1.69 bits per heavy atom. The third-order valence-corrected chi connectivity index (χ3v) is 6.21. The summed E-state index contributed by atoms with van der Waals surface area (Å²) in [6, 6.07) is -0.0698. The average Bonchev–Trinajstić information content (AvgIpc) is 2.25. The van der Waals surface area contributed by atoms with Gasteiger partial charge in [-0.1, -0.05) is 15.9 Å². The van der Waals surface area contributed by atoms with Crippen LogP contribution in [0.15, 0.2) is 0 Å². The summed E-state index contributed by atoms with van der Waals surface area (Å²) in [4.78, 5) is 0. The van der Waals surface area contributed by atoms with E-state index in [1.807, 2.05) is 0 Å². The molecule has 78 valence electrons. The minimum absolute atomic E-state index is 0.0698. The Kier molecular flexibility index (Phi) is 3.73. The number of alkyl halides is 1. The molecule has 0 aliphatic carbocycles. The normalized spacial score (nSPS) is 34.7. The maximum atomic E-state index is 11.3. The van der Waals surface area contributed by atoms with Crippen molar-refractivity contribution in [3.05, 3.63) is 0 Å². The van der Waals surface area contributed by atoms with Crippen LogP contribution in [0.2, 0.25) is 0 Å². The zero-order valence-corrected chi connectivity index (χ0v) is 9.81. The first-order valence-corrected chi connectivity index (χ1v) is 6.83. The second-order valence-electron chi connectivity index (χ2n) is 3.37. The van der Waals surface area contributed by atoms with Crippen LogP contribution in [-0.4, -0.2) is 42.1 Å². The van der Waals surface area contributed by atoms with Gasteiger partial charge < -0.3 is 10.4 Å². The van der Waals surface area contributed by atoms with Gasteiger partial charge in [0.15, 0.2) is 9.84 Å². The van der Waals surface area contributed by atoms with E-state index in [2.05, 4.69) is 21.2 Å². The Balaban J connectivity index is 2.47. The molecule has 1 saturated heterocycles. The molecule has 0 amide bonds. The van der Waals surface area contributed by atoms with Crippen molar-refractivity contribution >= 4 is 25.8 Å². The van der Waals surface area contributed by atoms with Gasteiger partial charge in [-0.3, -0.25) is 0 Å². The van der Waals surface area contributed by atoms with Crippen LogP contribution in [0.1, 0.15) is 13.3 Å². The predicted octanol–water partition coefficient (Wildman–Crippen LogP) is -0.135. The maximum Gasteiger partial charge on any atom is 0.164 e. The fourth-order valence-electron chi connectivity index (χ4n) is 1.30. The van der Waals surface area contributed by atoms with Crippen LogP contribution >= 0.6 is 15.9 Å². The van der Waals surface area contributed by atoms with Crippen molar-refractivity contribution in [1.29, 1.82) is 0 Å². The predicted molar refractivity (Wildman–Crippen MR) is 54.6 cm³/mol. The summed E-state index contributed by atoms with van der Waals surface area (Å²) >= 11 is 3.14. The second-order valence-corrected chi connectivity index (χ2v) is 7.21. The fourth-order valence-corrected chi connectivity index (χ4v) is 3.85. The summed E-state index contributed by atoms with van der Waals surface area (Å²) in [7, 11) is -2.95. The molecule has 13 heavy (non-hydrogen) atoms. The number of aliphatic hydroxyl groups is 1. The topological polar surface area (TPSA) is 66.4 Å². The zero-order chi connectivity index (χ0) is 10.1. The standard InChI is InChI=1S/C7H14BrNO3S/c1-5(10)4-9-6-2-3-13(11,12)7(6)8/h5-7,9-10H,2-4H2,1H3. The first-order chi connectivity index (χ1) is 5.93. The molecule has 4 nitrogen and oxygen atoms in total. The monoisotopic (exact) mass is 271 g/mol. The van der Waals surface area contributed by atoms with Crippen LogP contribution in [0.4, 0.5) is 0 Å². The number of aliphatic hydroxyl groups excluding tert-OH is 1. The molecule has 1 rings (SSSR count). The first kappa shape index (κ1) is 11.4. The SMILES string of the molecule is CC(O)CNC1CCS(=O)(=O)C1Br. The van der Waals surface area contributed by atoms with Crippen molar-refractivity contribution in [2.24, 2.45) is 0 Å². The quantitative estimate of drug-likeness (QED) is 0.702. The highest BCUT2D eigenvalue weighted by Gasteiger charge is 2.37. The highest BCUT2D eigenvalue weighted by molar-refractivity contribution is 9.11. The smallest absolute Gasteiger partial charge is 0.164 e.